The fourth-order valence-electron chi connectivity index (χ4n) is 2.37. The van der Waals surface area contributed by atoms with Crippen LogP contribution in [0.25, 0.3) is 0 Å². The molecular weight excluding hydrogens is 324 g/mol. The average Bonchev–Trinajstić information content (AvgIpc) is 2.52. The van der Waals surface area contributed by atoms with Crippen LogP contribution in [0.3, 0.4) is 0 Å². The first kappa shape index (κ1) is 18.4. The predicted octanol–water partition coefficient (Wildman–Crippen LogP) is 2.75. The van der Waals surface area contributed by atoms with Gasteiger partial charge in [-0.2, -0.15) is 0 Å². The van der Waals surface area contributed by atoms with Crippen molar-refractivity contribution in [3.05, 3.63) is 65.2 Å². The number of sulfonamides is 1. The highest BCUT2D eigenvalue weighted by molar-refractivity contribution is 7.92. The van der Waals surface area contributed by atoms with Crippen molar-refractivity contribution in [3.63, 3.8) is 0 Å². The van der Waals surface area contributed by atoms with Crippen LogP contribution in [-0.2, 0) is 10.0 Å². The maximum absolute atomic E-state index is 11.2. The predicted molar refractivity (Wildman–Crippen MR) is 97.5 cm³/mol. The van der Waals surface area contributed by atoms with E-state index in [1.54, 1.807) is 12.1 Å². The summed E-state index contributed by atoms with van der Waals surface area (Å²) in [6, 6.07) is 15.0. The summed E-state index contributed by atoms with van der Waals surface area (Å²) in [6.07, 6.45) is 0.552. The van der Waals surface area contributed by atoms with E-state index in [4.69, 9.17) is 0 Å². The summed E-state index contributed by atoms with van der Waals surface area (Å²) in [4.78, 5) is 0. The molecule has 0 radical (unpaired) electrons. The second kappa shape index (κ2) is 7.79. The van der Waals surface area contributed by atoms with Gasteiger partial charge in [-0.25, -0.2) is 8.42 Å². The lowest BCUT2D eigenvalue weighted by atomic mass is 10.1. The summed E-state index contributed by atoms with van der Waals surface area (Å²) in [7, 11) is -3.26. The topological polar surface area (TPSA) is 78.4 Å². The Morgan fingerprint density at radius 1 is 1.00 bits per heavy atom. The Bertz CT molecular complexity index is 756. The number of hydrogen-bond donors (Lipinski definition) is 3. The first-order valence-electron chi connectivity index (χ1n) is 7.80. The average molecular weight is 348 g/mol. The molecule has 0 aliphatic heterocycles. The molecule has 0 amide bonds. The van der Waals surface area contributed by atoms with Crippen molar-refractivity contribution in [1.29, 1.82) is 0 Å². The van der Waals surface area contributed by atoms with Gasteiger partial charge in [0.1, 0.15) is 0 Å². The first-order chi connectivity index (χ1) is 11.2. The molecule has 2 aromatic rings. The third-order valence-corrected chi connectivity index (χ3v) is 4.40. The van der Waals surface area contributed by atoms with E-state index in [1.807, 2.05) is 50.2 Å². The van der Waals surface area contributed by atoms with E-state index < -0.39 is 16.1 Å². The maximum atomic E-state index is 11.2. The van der Waals surface area contributed by atoms with Crippen LogP contribution in [0.1, 0.15) is 35.8 Å². The minimum Gasteiger partial charge on any atom is -0.387 e. The molecule has 5 nitrogen and oxygen atoms in total. The van der Waals surface area contributed by atoms with Gasteiger partial charge in [0.15, 0.2) is 0 Å². The van der Waals surface area contributed by atoms with Gasteiger partial charge in [0, 0.05) is 18.3 Å². The van der Waals surface area contributed by atoms with Gasteiger partial charge in [0.2, 0.25) is 10.0 Å². The SMILES string of the molecule is Cc1ccc(C(O)CNC(C)c2ccc(NS(C)(=O)=O)cc2)cc1. The van der Waals surface area contributed by atoms with Gasteiger partial charge in [-0.05, 0) is 37.1 Å². The minimum absolute atomic E-state index is 0.0392. The van der Waals surface area contributed by atoms with E-state index in [-0.39, 0.29) is 6.04 Å². The number of hydrogen-bond acceptors (Lipinski definition) is 4. The number of aryl methyl sites for hydroxylation is 1. The van der Waals surface area contributed by atoms with E-state index in [1.165, 1.54) is 0 Å². The molecule has 2 rings (SSSR count). The van der Waals surface area contributed by atoms with Crippen molar-refractivity contribution < 1.29 is 13.5 Å². The lowest BCUT2D eigenvalue weighted by molar-refractivity contribution is 0.171. The molecule has 0 aromatic heterocycles. The summed E-state index contributed by atoms with van der Waals surface area (Å²) in [6.45, 7) is 4.45. The Balaban J connectivity index is 1.92. The summed E-state index contributed by atoms with van der Waals surface area (Å²) in [5.74, 6) is 0. The molecule has 130 valence electrons. The number of rotatable bonds is 7. The van der Waals surface area contributed by atoms with Crippen molar-refractivity contribution >= 4 is 15.7 Å². The molecule has 6 heteroatoms. The van der Waals surface area contributed by atoms with E-state index in [0.717, 1.165) is 22.9 Å². The quantitative estimate of drug-likeness (QED) is 0.719. The molecule has 2 atom stereocenters. The van der Waals surface area contributed by atoms with Crippen LogP contribution < -0.4 is 10.0 Å². The van der Waals surface area contributed by atoms with Gasteiger partial charge < -0.3 is 10.4 Å². The van der Waals surface area contributed by atoms with Crippen molar-refractivity contribution in [2.24, 2.45) is 0 Å². The van der Waals surface area contributed by atoms with Crippen molar-refractivity contribution in [1.82, 2.24) is 5.32 Å². The van der Waals surface area contributed by atoms with Gasteiger partial charge in [0.25, 0.3) is 0 Å². The summed E-state index contributed by atoms with van der Waals surface area (Å²) >= 11 is 0. The molecular formula is C18H24N2O3S. The maximum Gasteiger partial charge on any atom is 0.229 e. The lowest BCUT2D eigenvalue weighted by Gasteiger charge is -2.18. The van der Waals surface area contributed by atoms with Gasteiger partial charge in [-0.1, -0.05) is 42.0 Å². The van der Waals surface area contributed by atoms with Crippen molar-refractivity contribution in [2.75, 3.05) is 17.5 Å². The van der Waals surface area contributed by atoms with E-state index >= 15 is 0 Å². The fraction of sp³-hybridized carbons (Fsp3) is 0.333. The smallest absolute Gasteiger partial charge is 0.229 e. The summed E-state index contributed by atoms with van der Waals surface area (Å²) in [5.41, 5.74) is 3.60. The van der Waals surface area contributed by atoms with Crippen LogP contribution in [-0.4, -0.2) is 26.3 Å². The third kappa shape index (κ3) is 5.63. The van der Waals surface area contributed by atoms with Crippen LogP contribution in [0.2, 0.25) is 0 Å². The monoisotopic (exact) mass is 348 g/mol. The molecule has 0 aliphatic rings. The number of anilines is 1. The summed E-state index contributed by atoms with van der Waals surface area (Å²) in [5, 5.41) is 13.5. The number of benzene rings is 2. The Kier molecular flexibility index (Phi) is 5.99. The third-order valence-electron chi connectivity index (χ3n) is 3.79. The number of aliphatic hydroxyl groups excluding tert-OH is 1. The highest BCUT2D eigenvalue weighted by Gasteiger charge is 2.11. The highest BCUT2D eigenvalue weighted by atomic mass is 32.2. The molecule has 0 fully saturated rings. The zero-order chi connectivity index (χ0) is 17.7. The van der Waals surface area contributed by atoms with Crippen LogP contribution in [0.4, 0.5) is 5.69 Å². The number of nitrogens with one attached hydrogen (secondary N) is 2. The Morgan fingerprint density at radius 3 is 2.08 bits per heavy atom. The van der Waals surface area contributed by atoms with E-state index in [0.29, 0.717) is 12.2 Å². The van der Waals surface area contributed by atoms with Crippen molar-refractivity contribution in [3.8, 4) is 0 Å². The Hall–Kier alpha value is -1.89. The van der Waals surface area contributed by atoms with E-state index in [2.05, 4.69) is 10.0 Å². The van der Waals surface area contributed by atoms with Gasteiger partial charge in [-0.15, -0.1) is 0 Å². The van der Waals surface area contributed by atoms with Gasteiger partial charge in [0.05, 0.1) is 12.4 Å². The van der Waals surface area contributed by atoms with Crippen LogP contribution in [0, 0.1) is 6.92 Å². The van der Waals surface area contributed by atoms with E-state index in [9.17, 15) is 13.5 Å². The second-order valence-corrected chi connectivity index (χ2v) is 7.80. The fourth-order valence-corrected chi connectivity index (χ4v) is 2.93. The normalized spacial score (nSPS) is 14.2. The number of aliphatic hydroxyl groups is 1. The minimum atomic E-state index is -3.26. The summed E-state index contributed by atoms with van der Waals surface area (Å²) < 4.78 is 24.8. The molecule has 0 heterocycles. The Labute approximate surface area is 143 Å². The van der Waals surface area contributed by atoms with Crippen LogP contribution in [0.15, 0.2) is 48.5 Å². The second-order valence-electron chi connectivity index (χ2n) is 6.05. The molecule has 0 saturated carbocycles. The molecule has 24 heavy (non-hydrogen) atoms. The molecule has 0 saturated heterocycles. The Morgan fingerprint density at radius 2 is 1.54 bits per heavy atom. The zero-order valence-electron chi connectivity index (χ0n) is 14.2. The van der Waals surface area contributed by atoms with Gasteiger partial charge in [-0.3, -0.25) is 4.72 Å². The first-order valence-corrected chi connectivity index (χ1v) is 9.69. The molecule has 0 bridgehead atoms. The van der Waals surface area contributed by atoms with Crippen LogP contribution >= 0.6 is 0 Å². The highest BCUT2D eigenvalue weighted by Crippen LogP contribution is 2.18. The molecule has 0 spiro atoms. The lowest BCUT2D eigenvalue weighted by Crippen LogP contribution is -2.24. The van der Waals surface area contributed by atoms with Crippen LogP contribution in [0.5, 0.6) is 0 Å². The standard InChI is InChI=1S/C18H24N2O3S/c1-13-4-6-16(7-5-13)18(21)12-19-14(2)15-8-10-17(11-9-15)20-24(3,22)23/h4-11,14,18-21H,12H2,1-3H3. The molecule has 2 unspecified atom stereocenters. The molecule has 2 aromatic carbocycles. The largest absolute Gasteiger partial charge is 0.387 e. The van der Waals surface area contributed by atoms with Gasteiger partial charge >= 0.3 is 0 Å². The van der Waals surface area contributed by atoms with Crippen molar-refractivity contribution in [2.45, 2.75) is 26.0 Å². The molecule has 0 aliphatic carbocycles. The molecule has 3 N–H and O–H groups in total. The zero-order valence-corrected chi connectivity index (χ0v) is 15.0.